The molecule has 1 aliphatic rings. The van der Waals surface area contributed by atoms with Crippen molar-refractivity contribution in [2.45, 2.75) is 70.7 Å². The molecule has 1 aromatic carbocycles. The molecular weight excluding hydrogens is 639 g/mol. The molecule has 2 aromatic heterocycles. The summed E-state index contributed by atoms with van der Waals surface area (Å²) < 4.78 is 10.9. The summed E-state index contributed by atoms with van der Waals surface area (Å²) in [5, 5.41) is 12.0. The number of nitrogens with zero attached hydrogens (tertiary/aromatic N) is 4. The Morgan fingerprint density at radius 2 is 1.87 bits per heavy atom. The first-order valence-corrected chi connectivity index (χ1v) is 17.9. The number of carbonyl (C=O) groups excluding carboxylic acids is 3. The number of hydrogen-bond acceptors (Lipinski definition) is 10. The first-order valence-electron chi connectivity index (χ1n) is 16.1. The summed E-state index contributed by atoms with van der Waals surface area (Å²) in [6.45, 7) is 8.70. The van der Waals surface area contributed by atoms with Crippen molar-refractivity contribution in [3.05, 3.63) is 68.6 Å². The van der Waals surface area contributed by atoms with Gasteiger partial charge in [-0.1, -0.05) is 44.2 Å². The Morgan fingerprint density at radius 3 is 2.57 bits per heavy atom. The highest BCUT2D eigenvalue weighted by atomic mass is 32.1. The van der Waals surface area contributed by atoms with Crippen LogP contribution < -0.4 is 16.0 Å². The molecule has 3 N–H and O–H groups in total. The van der Waals surface area contributed by atoms with Crippen molar-refractivity contribution in [2.75, 3.05) is 46.4 Å². The van der Waals surface area contributed by atoms with E-state index in [0.717, 1.165) is 34.2 Å². The Bertz CT molecular complexity index is 1370. The Balaban J connectivity index is 1.29. The van der Waals surface area contributed by atoms with Gasteiger partial charge >= 0.3 is 12.1 Å². The van der Waals surface area contributed by atoms with Crippen molar-refractivity contribution in [3.63, 3.8) is 0 Å². The van der Waals surface area contributed by atoms with Crippen molar-refractivity contribution in [1.82, 2.24) is 35.7 Å². The Labute approximate surface area is 285 Å². The van der Waals surface area contributed by atoms with Gasteiger partial charge in [-0.2, -0.15) is 0 Å². The van der Waals surface area contributed by atoms with E-state index < -0.39 is 12.1 Å². The summed E-state index contributed by atoms with van der Waals surface area (Å²) in [4.78, 5) is 52.5. The van der Waals surface area contributed by atoms with E-state index in [4.69, 9.17) is 9.47 Å². The summed E-state index contributed by atoms with van der Waals surface area (Å²) in [7, 11) is 1.71. The molecule has 2 atom stereocenters. The third-order valence-electron chi connectivity index (χ3n) is 7.77. The van der Waals surface area contributed by atoms with Crippen LogP contribution in [0.25, 0.3) is 0 Å². The molecule has 47 heavy (non-hydrogen) atoms. The van der Waals surface area contributed by atoms with Gasteiger partial charge in [0.05, 0.1) is 40.8 Å². The normalized spacial score (nSPS) is 14.7. The summed E-state index contributed by atoms with van der Waals surface area (Å²) in [5.41, 5.74) is 3.62. The number of amides is 4. The van der Waals surface area contributed by atoms with Gasteiger partial charge in [0.2, 0.25) is 5.91 Å². The second kappa shape index (κ2) is 19.3. The van der Waals surface area contributed by atoms with Gasteiger partial charge in [-0.3, -0.25) is 14.7 Å². The van der Waals surface area contributed by atoms with E-state index in [9.17, 15) is 14.4 Å². The van der Waals surface area contributed by atoms with Gasteiger partial charge in [0.25, 0.3) is 0 Å². The largest absolute Gasteiger partial charge is 0.444 e. The molecule has 1 aliphatic heterocycles. The van der Waals surface area contributed by atoms with Crippen LogP contribution in [-0.2, 0) is 33.8 Å². The van der Waals surface area contributed by atoms with Gasteiger partial charge in [0, 0.05) is 56.8 Å². The molecule has 0 bridgehead atoms. The molecule has 4 rings (SSSR count). The SMILES string of the molecule is CC(C)c1nc(CN(C)C(=O)NC(CCN2CCOCC2)C(=O)NCCCC(Cc2ccccc2)NC(=O)OCc2cncs2)cs1. The van der Waals surface area contributed by atoms with Gasteiger partial charge < -0.3 is 30.3 Å². The Kier molecular flexibility index (Phi) is 14.9. The van der Waals surface area contributed by atoms with E-state index in [1.54, 1.807) is 35.0 Å². The maximum atomic E-state index is 13.4. The van der Waals surface area contributed by atoms with Gasteiger partial charge in [0.1, 0.15) is 12.6 Å². The number of ether oxygens (including phenoxy) is 2. The summed E-state index contributed by atoms with van der Waals surface area (Å²) in [6.07, 6.45) is 3.56. The van der Waals surface area contributed by atoms with Crippen molar-refractivity contribution in [3.8, 4) is 0 Å². The van der Waals surface area contributed by atoms with Crippen LogP contribution in [0, 0.1) is 0 Å². The number of aromatic nitrogens is 2. The lowest BCUT2D eigenvalue weighted by atomic mass is 10.0. The van der Waals surface area contributed by atoms with Crippen molar-refractivity contribution in [1.29, 1.82) is 0 Å². The zero-order chi connectivity index (χ0) is 33.4. The van der Waals surface area contributed by atoms with Crippen molar-refractivity contribution in [2.24, 2.45) is 0 Å². The highest BCUT2D eigenvalue weighted by Crippen LogP contribution is 2.20. The maximum absolute atomic E-state index is 13.4. The van der Waals surface area contributed by atoms with E-state index in [-0.39, 0.29) is 24.6 Å². The Morgan fingerprint density at radius 1 is 1.09 bits per heavy atom. The van der Waals surface area contributed by atoms with E-state index in [1.165, 1.54) is 11.3 Å². The third-order valence-corrected chi connectivity index (χ3v) is 9.71. The maximum Gasteiger partial charge on any atom is 0.407 e. The molecule has 2 unspecified atom stereocenters. The fourth-order valence-electron chi connectivity index (χ4n) is 5.11. The van der Waals surface area contributed by atoms with E-state index in [1.807, 2.05) is 35.7 Å². The standard InChI is InChI=1S/C33H47N7O5S2/c1-24(2)31-36-27(22-46-31)20-39(3)32(42)38-29(11-13-40-14-16-44-17-15-40)30(41)35-12-7-10-26(18-25-8-5-4-6-9-25)37-33(43)45-21-28-19-34-23-47-28/h4-6,8-9,19,22-24,26,29H,7,10-18,20-21H2,1-3H3,(H,35,41)(H,37,43)(H,38,42). The predicted molar refractivity (Wildman–Crippen MR) is 183 cm³/mol. The molecule has 0 spiro atoms. The quantitative estimate of drug-likeness (QED) is 0.178. The summed E-state index contributed by atoms with van der Waals surface area (Å²) in [6, 6.07) is 8.73. The van der Waals surface area contributed by atoms with E-state index in [0.29, 0.717) is 64.4 Å². The minimum atomic E-state index is -0.700. The number of alkyl carbamates (subject to hydrolysis) is 1. The fraction of sp³-hybridized carbons (Fsp3) is 0.545. The number of urea groups is 1. The van der Waals surface area contributed by atoms with Crippen LogP contribution in [0.5, 0.6) is 0 Å². The van der Waals surface area contributed by atoms with Crippen LogP contribution in [-0.4, -0.2) is 96.3 Å². The molecule has 0 saturated carbocycles. The first kappa shape index (κ1) is 36.2. The molecule has 4 amide bonds. The number of morpholine rings is 1. The lowest BCUT2D eigenvalue weighted by Crippen LogP contribution is -2.52. The van der Waals surface area contributed by atoms with Crippen LogP contribution in [0.1, 0.15) is 60.2 Å². The lowest BCUT2D eigenvalue weighted by molar-refractivity contribution is -0.123. The third kappa shape index (κ3) is 12.9. The molecule has 0 radical (unpaired) electrons. The lowest BCUT2D eigenvalue weighted by Gasteiger charge is -2.29. The van der Waals surface area contributed by atoms with Gasteiger partial charge in [-0.05, 0) is 31.2 Å². The average molecular weight is 686 g/mol. The fourth-order valence-corrected chi connectivity index (χ4v) is 6.44. The monoisotopic (exact) mass is 685 g/mol. The molecular formula is C33H47N7O5S2. The molecule has 3 heterocycles. The molecule has 14 heteroatoms. The Hall–Kier alpha value is -3.59. The average Bonchev–Trinajstić information content (AvgIpc) is 3.77. The highest BCUT2D eigenvalue weighted by molar-refractivity contribution is 7.09. The summed E-state index contributed by atoms with van der Waals surface area (Å²) in [5.74, 6) is 0.0980. The van der Waals surface area contributed by atoms with Crippen LogP contribution in [0.3, 0.4) is 0 Å². The number of hydrogen-bond donors (Lipinski definition) is 3. The zero-order valence-electron chi connectivity index (χ0n) is 27.5. The van der Waals surface area contributed by atoms with Gasteiger partial charge in [-0.15, -0.1) is 22.7 Å². The first-order chi connectivity index (χ1) is 22.8. The zero-order valence-corrected chi connectivity index (χ0v) is 29.1. The molecule has 1 saturated heterocycles. The second-order valence-corrected chi connectivity index (χ2v) is 13.8. The topological polar surface area (TPSA) is 138 Å². The molecule has 0 aliphatic carbocycles. The van der Waals surface area contributed by atoms with Gasteiger partial charge in [-0.25, -0.2) is 14.6 Å². The second-order valence-electron chi connectivity index (χ2n) is 11.9. The highest BCUT2D eigenvalue weighted by Gasteiger charge is 2.24. The molecule has 3 aromatic rings. The van der Waals surface area contributed by atoms with E-state index >= 15 is 0 Å². The number of carbonyl (C=O) groups is 3. The smallest absolute Gasteiger partial charge is 0.407 e. The number of benzene rings is 1. The minimum Gasteiger partial charge on any atom is -0.444 e. The van der Waals surface area contributed by atoms with Gasteiger partial charge in [0.15, 0.2) is 0 Å². The molecule has 1 fully saturated rings. The van der Waals surface area contributed by atoms with E-state index in [2.05, 4.69) is 44.7 Å². The molecule has 12 nitrogen and oxygen atoms in total. The van der Waals surface area contributed by atoms with Crippen molar-refractivity contribution < 1.29 is 23.9 Å². The molecule has 256 valence electrons. The van der Waals surface area contributed by atoms with Crippen molar-refractivity contribution >= 4 is 40.7 Å². The van der Waals surface area contributed by atoms with Crippen LogP contribution in [0.4, 0.5) is 9.59 Å². The minimum absolute atomic E-state index is 0.167. The van der Waals surface area contributed by atoms with Crippen LogP contribution >= 0.6 is 22.7 Å². The van der Waals surface area contributed by atoms with Crippen LogP contribution in [0.15, 0.2) is 47.4 Å². The number of nitrogens with one attached hydrogen (secondary N) is 3. The number of rotatable bonds is 17. The predicted octanol–water partition coefficient (Wildman–Crippen LogP) is 4.39. The van der Waals surface area contributed by atoms with Crippen LogP contribution in [0.2, 0.25) is 0 Å². The number of thiazole rings is 2. The summed E-state index contributed by atoms with van der Waals surface area (Å²) >= 11 is 3.02.